The monoisotopic (exact) mass is 441 g/mol. The van der Waals surface area contributed by atoms with E-state index in [2.05, 4.69) is 0 Å². The van der Waals surface area contributed by atoms with Crippen molar-refractivity contribution in [3.63, 3.8) is 0 Å². The number of hydrogen-bond donors (Lipinski definition) is 4. The molecule has 0 aliphatic carbocycles. The Bertz CT molecular complexity index is 1020. The summed E-state index contributed by atoms with van der Waals surface area (Å²) in [4.78, 5) is 10.8. The first-order chi connectivity index (χ1) is 15.2. The quantitative estimate of drug-likeness (QED) is 0.472. The molecule has 3 unspecified atom stereocenters. The SMILES string of the molecule is CC(C)C1C(C=C[C@@H](O)CC(O)CC(=O)O)=C(c2ccc(F)cc2)c2ccccc2[NH+]1[O-]. The van der Waals surface area contributed by atoms with Gasteiger partial charge in [0, 0.05) is 35.1 Å². The summed E-state index contributed by atoms with van der Waals surface area (Å²) < 4.78 is 13.6. The van der Waals surface area contributed by atoms with E-state index in [0.29, 0.717) is 11.3 Å². The van der Waals surface area contributed by atoms with Gasteiger partial charge in [-0.1, -0.05) is 50.3 Å². The lowest BCUT2D eigenvalue weighted by Crippen LogP contribution is -3.08. The van der Waals surface area contributed by atoms with Crippen LogP contribution in [0.4, 0.5) is 10.1 Å². The zero-order valence-electron chi connectivity index (χ0n) is 18.0. The van der Waals surface area contributed by atoms with Crippen molar-refractivity contribution in [1.29, 1.82) is 0 Å². The van der Waals surface area contributed by atoms with Gasteiger partial charge in [-0.25, -0.2) is 4.39 Å². The van der Waals surface area contributed by atoms with E-state index in [1.54, 1.807) is 24.3 Å². The molecule has 170 valence electrons. The number of carbonyl (C=O) groups is 1. The van der Waals surface area contributed by atoms with Gasteiger partial charge in [-0.2, -0.15) is 0 Å². The highest BCUT2D eigenvalue weighted by atomic mass is 19.1. The summed E-state index contributed by atoms with van der Waals surface area (Å²) in [6.07, 6.45) is 0.266. The smallest absolute Gasteiger partial charge is 0.305 e. The van der Waals surface area contributed by atoms with Crippen LogP contribution in [0.2, 0.25) is 0 Å². The Hall–Kier alpha value is -2.84. The average Bonchev–Trinajstić information content (AvgIpc) is 2.72. The maximum Gasteiger partial charge on any atom is 0.305 e. The topological polar surface area (TPSA) is 105 Å². The molecule has 0 spiro atoms. The van der Waals surface area contributed by atoms with Gasteiger partial charge in [-0.15, -0.1) is 0 Å². The number of para-hydroxylation sites is 1. The molecule has 0 amide bonds. The molecule has 0 saturated carbocycles. The highest BCUT2D eigenvalue weighted by Crippen LogP contribution is 2.37. The van der Waals surface area contributed by atoms with Gasteiger partial charge < -0.3 is 25.6 Å². The summed E-state index contributed by atoms with van der Waals surface area (Å²) in [5, 5.41) is 42.3. The summed E-state index contributed by atoms with van der Waals surface area (Å²) in [6.45, 7) is 3.89. The van der Waals surface area contributed by atoms with Crippen LogP contribution in [0.1, 0.15) is 37.8 Å². The number of nitrogens with one attached hydrogen (secondary N) is 1. The average molecular weight is 441 g/mol. The molecule has 1 aliphatic heterocycles. The number of benzene rings is 2. The van der Waals surface area contributed by atoms with Crippen molar-refractivity contribution in [2.45, 2.75) is 44.9 Å². The fraction of sp³-hybridized carbons (Fsp3) is 0.320. The van der Waals surface area contributed by atoms with E-state index in [4.69, 9.17) is 5.11 Å². The molecule has 0 fully saturated rings. The maximum absolute atomic E-state index is 13.6. The lowest BCUT2D eigenvalue weighted by atomic mass is 9.81. The van der Waals surface area contributed by atoms with Crippen molar-refractivity contribution in [1.82, 2.24) is 0 Å². The van der Waals surface area contributed by atoms with Crippen LogP contribution in [-0.2, 0) is 4.79 Å². The van der Waals surface area contributed by atoms with E-state index >= 15 is 0 Å². The van der Waals surface area contributed by atoms with Gasteiger partial charge in [0.1, 0.15) is 17.5 Å². The number of fused-ring (bicyclic) bond motifs is 1. The lowest BCUT2D eigenvalue weighted by molar-refractivity contribution is -0.805. The van der Waals surface area contributed by atoms with E-state index in [1.807, 2.05) is 32.0 Å². The number of quaternary nitrogens is 1. The van der Waals surface area contributed by atoms with E-state index < -0.39 is 30.6 Å². The second-order valence-electron chi connectivity index (χ2n) is 8.38. The van der Waals surface area contributed by atoms with E-state index in [9.17, 15) is 24.6 Å². The highest BCUT2D eigenvalue weighted by molar-refractivity contribution is 5.89. The summed E-state index contributed by atoms with van der Waals surface area (Å²) in [7, 11) is 0. The Morgan fingerprint density at radius 2 is 1.81 bits per heavy atom. The molecular formula is C25H28FNO5. The molecule has 3 rings (SSSR count). The molecule has 2 aromatic carbocycles. The molecule has 0 aromatic heterocycles. The van der Waals surface area contributed by atoms with Crippen LogP contribution in [0, 0.1) is 16.9 Å². The Labute approximate surface area is 186 Å². The molecule has 6 nitrogen and oxygen atoms in total. The van der Waals surface area contributed by atoms with Crippen molar-refractivity contribution >= 4 is 17.2 Å². The van der Waals surface area contributed by atoms with Crippen molar-refractivity contribution in [2.75, 3.05) is 0 Å². The molecule has 7 heteroatoms. The third kappa shape index (κ3) is 5.31. The van der Waals surface area contributed by atoms with Crippen molar-refractivity contribution in [3.05, 3.63) is 88.4 Å². The standard InChI is InChI=1S/C25H28FNO5/c1-15(2)25-21(12-11-18(28)13-19(29)14-23(30)31)24(16-7-9-17(26)10-8-16)20-5-3-4-6-22(20)27(25)32/h3-12,15,18-19,25,27-29H,13-14H2,1-2H3,(H,30,31)/t18-,19?,25?/m1/s1. The molecule has 4 N–H and O–H groups in total. The summed E-state index contributed by atoms with van der Waals surface area (Å²) in [6, 6.07) is 12.9. The minimum atomic E-state index is -1.19. The lowest BCUT2D eigenvalue weighted by Gasteiger charge is -2.40. The maximum atomic E-state index is 13.6. The molecule has 0 bridgehead atoms. The molecule has 0 saturated heterocycles. The number of hydroxylamine groups is 1. The Kier molecular flexibility index (Phi) is 7.58. The number of aliphatic carboxylic acids is 1. The van der Waals surface area contributed by atoms with Gasteiger partial charge in [0.25, 0.3) is 0 Å². The van der Waals surface area contributed by atoms with E-state index in [1.165, 1.54) is 18.2 Å². The first-order valence-electron chi connectivity index (χ1n) is 10.6. The van der Waals surface area contributed by atoms with Gasteiger partial charge in [0.05, 0.1) is 18.6 Å². The first-order valence-corrected chi connectivity index (χ1v) is 10.6. The number of carboxylic acids is 1. The van der Waals surface area contributed by atoms with Gasteiger partial charge in [0.2, 0.25) is 0 Å². The van der Waals surface area contributed by atoms with Gasteiger partial charge in [-0.05, 0) is 23.8 Å². The number of aliphatic hydroxyl groups excluding tert-OH is 2. The number of hydrogen-bond acceptors (Lipinski definition) is 4. The Morgan fingerprint density at radius 1 is 1.16 bits per heavy atom. The summed E-state index contributed by atoms with van der Waals surface area (Å²) in [5.74, 6) is -1.56. The van der Waals surface area contributed by atoms with Crippen LogP contribution < -0.4 is 5.06 Å². The van der Waals surface area contributed by atoms with Crippen LogP contribution in [0.5, 0.6) is 0 Å². The zero-order chi connectivity index (χ0) is 23.4. The zero-order valence-corrected chi connectivity index (χ0v) is 18.0. The van der Waals surface area contributed by atoms with Crippen LogP contribution in [0.15, 0.2) is 66.3 Å². The number of carboxylic acid groups (broad SMARTS) is 1. The Morgan fingerprint density at radius 3 is 2.44 bits per heavy atom. The second kappa shape index (κ2) is 10.2. The fourth-order valence-electron chi connectivity index (χ4n) is 4.18. The third-order valence-electron chi connectivity index (χ3n) is 5.59. The predicted molar refractivity (Wildman–Crippen MR) is 120 cm³/mol. The van der Waals surface area contributed by atoms with E-state index in [-0.39, 0.29) is 23.2 Å². The van der Waals surface area contributed by atoms with Crippen LogP contribution in [0.3, 0.4) is 0 Å². The van der Waals surface area contributed by atoms with Crippen LogP contribution in [-0.4, -0.2) is 39.5 Å². The van der Waals surface area contributed by atoms with Crippen LogP contribution in [0.25, 0.3) is 5.57 Å². The van der Waals surface area contributed by atoms with Gasteiger partial charge >= 0.3 is 5.97 Å². The first kappa shape index (κ1) is 23.8. The highest BCUT2D eigenvalue weighted by Gasteiger charge is 2.35. The predicted octanol–water partition coefficient (Wildman–Crippen LogP) is 2.82. The fourth-order valence-corrected chi connectivity index (χ4v) is 4.18. The molecule has 0 radical (unpaired) electrons. The molecular weight excluding hydrogens is 413 g/mol. The second-order valence-corrected chi connectivity index (χ2v) is 8.38. The number of rotatable bonds is 8. The van der Waals surface area contributed by atoms with E-state index in [0.717, 1.165) is 16.7 Å². The Balaban J connectivity index is 2.10. The minimum absolute atomic E-state index is 0.0264. The largest absolute Gasteiger partial charge is 0.628 e. The minimum Gasteiger partial charge on any atom is -0.628 e. The van der Waals surface area contributed by atoms with Crippen molar-refractivity contribution in [2.24, 2.45) is 5.92 Å². The number of halogens is 1. The normalized spacial score (nSPS) is 20.5. The molecule has 1 aliphatic rings. The van der Waals surface area contributed by atoms with Crippen molar-refractivity contribution < 1.29 is 29.6 Å². The van der Waals surface area contributed by atoms with Crippen molar-refractivity contribution in [3.8, 4) is 0 Å². The third-order valence-corrected chi connectivity index (χ3v) is 5.59. The molecule has 4 atom stereocenters. The van der Waals surface area contributed by atoms with Crippen LogP contribution >= 0.6 is 0 Å². The molecule has 2 aromatic rings. The molecule has 32 heavy (non-hydrogen) atoms. The van der Waals surface area contributed by atoms with Gasteiger partial charge in [0.15, 0.2) is 0 Å². The molecule has 1 heterocycles. The van der Waals surface area contributed by atoms with Gasteiger partial charge in [-0.3, -0.25) is 4.79 Å². The number of aliphatic hydroxyl groups is 2. The summed E-state index contributed by atoms with van der Waals surface area (Å²) >= 11 is 0. The summed E-state index contributed by atoms with van der Waals surface area (Å²) in [5.41, 5.74) is 3.56.